The van der Waals surface area contributed by atoms with Crippen molar-refractivity contribution >= 4 is 17.5 Å². The third-order valence-corrected chi connectivity index (χ3v) is 1.51. The fraction of sp³-hybridized carbons (Fsp3) is 0.375. The van der Waals surface area contributed by atoms with Crippen LogP contribution in [0.1, 0.15) is 5.82 Å². The maximum absolute atomic E-state index is 10.5. The normalized spacial score (nSPS) is 9.93. The summed E-state index contributed by atoms with van der Waals surface area (Å²) in [5.74, 6) is 0.738. The summed E-state index contributed by atoms with van der Waals surface area (Å²) < 4.78 is 4.86. The number of nitrogens with one attached hydrogen (secondary N) is 1. The van der Waals surface area contributed by atoms with E-state index in [-0.39, 0.29) is 13.2 Å². The zero-order valence-electron chi connectivity index (χ0n) is 8.36. The lowest BCUT2D eigenvalue weighted by atomic mass is 10.4. The van der Waals surface area contributed by atoms with E-state index in [4.69, 9.17) is 16.2 Å². The molecule has 0 fully saturated rings. The van der Waals surface area contributed by atoms with E-state index in [0.717, 1.165) is 0 Å². The number of rotatable bonds is 5. The molecule has 1 rings (SSSR count). The molecular formula is C8H13N5O2. The molecule has 1 heterocycles. The number of nitrogen functional groups attached to an aromatic ring is 1. The van der Waals surface area contributed by atoms with E-state index in [0.29, 0.717) is 17.5 Å². The van der Waals surface area contributed by atoms with Crippen molar-refractivity contribution in [2.75, 3.05) is 24.7 Å². The van der Waals surface area contributed by atoms with Gasteiger partial charge in [0.2, 0.25) is 5.91 Å². The molecule has 0 radical (unpaired) electrons. The van der Waals surface area contributed by atoms with Crippen molar-refractivity contribution in [1.82, 2.24) is 9.97 Å². The van der Waals surface area contributed by atoms with Crippen LogP contribution in [0.2, 0.25) is 0 Å². The largest absolute Gasteiger partial charge is 0.384 e. The Morgan fingerprint density at radius 1 is 1.60 bits per heavy atom. The van der Waals surface area contributed by atoms with Crippen LogP contribution in [0.3, 0.4) is 0 Å². The van der Waals surface area contributed by atoms with Crippen molar-refractivity contribution in [2.45, 2.75) is 6.61 Å². The lowest BCUT2D eigenvalue weighted by Gasteiger charge is -2.06. The summed E-state index contributed by atoms with van der Waals surface area (Å²) in [4.78, 5) is 18.5. The van der Waals surface area contributed by atoms with Gasteiger partial charge in [-0.1, -0.05) is 0 Å². The van der Waals surface area contributed by atoms with E-state index in [2.05, 4.69) is 15.3 Å². The highest BCUT2D eigenvalue weighted by Gasteiger charge is 2.02. The van der Waals surface area contributed by atoms with E-state index >= 15 is 0 Å². The minimum atomic E-state index is -0.472. The van der Waals surface area contributed by atoms with E-state index in [9.17, 15) is 4.79 Å². The molecule has 1 aromatic rings. The average Bonchev–Trinajstić information content (AvgIpc) is 2.14. The molecule has 7 heteroatoms. The lowest BCUT2D eigenvalue weighted by molar-refractivity contribution is -0.116. The van der Waals surface area contributed by atoms with Crippen LogP contribution in [0, 0.1) is 0 Å². The first-order valence-electron chi connectivity index (χ1n) is 4.26. The minimum absolute atomic E-state index is 0.00285. The zero-order chi connectivity index (χ0) is 11.3. The summed E-state index contributed by atoms with van der Waals surface area (Å²) in [6, 6.07) is 1.52. The van der Waals surface area contributed by atoms with Crippen LogP contribution >= 0.6 is 0 Å². The number of hydrogen-bond acceptors (Lipinski definition) is 6. The predicted molar refractivity (Wildman–Crippen MR) is 54.8 cm³/mol. The molecule has 15 heavy (non-hydrogen) atoms. The number of nitrogens with two attached hydrogens (primary N) is 2. The second kappa shape index (κ2) is 5.11. The van der Waals surface area contributed by atoms with Gasteiger partial charge in [0.25, 0.3) is 0 Å². The van der Waals surface area contributed by atoms with Crippen LogP contribution in [0.4, 0.5) is 11.6 Å². The summed E-state index contributed by atoms with van der Waals surface area (Å²) >= 11 is 0. The minimum Gasteiger partial charge on any atom is -0.384 e. The third kappa shape index (κ3) is 3.77. The van der Waals surface area contributed by atoms with Gasteiger partial charge in [-0.15, -0.1) is 0 Å². The first-order chi connectivity index (χ1) is 7.11. The Labute approximate surface area is 86.8 Å². The van der Waals surface area contributed by atoms with Gasteiger partial charge in [0, 0.05) is 13.2 Å². The van der Waals surface area contributed by atoms with Crippen LogP contribution in [0.5, 0.6) is 0 Å². The third-order valence-electron chi connectivity index (χ3n) is 1.51. The second-order valence-corrected chi connectivity index (χ2v) is 2.85. The van der Waals surface area contributed by atoms with Gasteiger partial charge in [0.15, 0.2) is 5.82 Å². The summed E-state index contributed by atoms with van der Waals surface area (Å²) in [5, 5.41) is 2.72. The van der Waals surface area contributed by atoms with Crippen LogP contribution in [-0.4, -0.2) is 29.5 Å². The SMILES string of the molecule is COCc1nc(N)cc(NCC(N)=O)n1. The summed E-state index contributed by atoms with van der Waals surface area (Å²) in [6.07, 6.45) is 0. The molecule has 0 aliphatic heterocycles. The van der Waals surface area contributed by atoms with Gasteiger partial charge < -0.3 is 21.5 Å². The lowest BCUT2D eigenvalue weighted by Crippen LogP contribution is -2.22. The molecule has 0 atom stereocenters. The van der Waals surface area contributed by atoms with Crippen LogP contribution in [-0.2, 0) is 16.1 Å². The molecule has 0 saturated heterocycles. The fourth-order valence-electron chi connectivity index (χ4n) is 0.980. The number of hydrogen-bond donors (Lipinski definition) is 3. The van der Waals surface area contributed by atoms with Gasteiger partial charge in [-0.05, 0) is 0 Å². The van der Waals surface area contributed by atoms with E-state index in [1.807, 2.05) is 0 Å². The van der Waals surface area contributed by atoms with Gasteiger partial charge in [-0.2, -0.15) is 0 Å². The molecule has 0 unspecified atom stereocenters. The number of amides is 1. The van der Waals surface area contributed by atoms with Crippen LogP contribution in [0.15, 0.2) is 6.07 Å². The highest BCUT2D eigenvalue weighted by molar-refractivity contribution is 5.78. The maximum atomic E-state index is 10.5. The van der Waals surface area contributed by atoms with Gasteiger partial charge in [0.1, 0.15) is 18.2 Å². The Bertz CT molecular complexity index is 355. The van der Waals surface area contributed by atoms with Gasteiger partial charge in [0.05, 0.1) is 6.54 Å². The Hall–Kier alpha value is -1.89. The molecular weight excluding hydrogens is 198 g/mol. The second-order valence-electron chi connectivity index (χ2n) is 2.85. The Balaban J connectivity index is 2.74. The average molecular weight is 211 g/mol. The Morgan fingerprint density at radius 3 is 2.93 bits per heavy atom. The molecule has 1 aromatic heterocycles. The van der Waals surface area contributed by atoms with Crippen molar-refractivity contribution in [2.24, 2.45) is 5.73 Å². The number of nitrogens with zero attached hydrogens (tertiary/aromatic N) is 2. The fourth-order valence-corrected chi connectivity index (χ4v) is 0.980. The number of methoxy groups -OCH3 is 1. The zero-order valence-corrected chi connectivity index (χ0v) is 8.36. The highest BCUT2D eigenvalue weighted by atomic mass is 16.5. The number of anilines is 2. The predicted octanol–water partition coefficient (Wildman–Crippen LogP) is -0.898. The molecule has 0 aromatic carbocycles. The van der Waals surface area contributed by atoms with Crippen LogP contribution < -0.4 is 16.8 Å². The van der Waals surface area contributed by atoms with Gasteiger partial charge >= 0.3 is 0 Å². The topological polar surface area (TPSA) is 116 Å². The molecule has 82 valence electrons. The number of ether oxygens (including phenoxy) is 1. The maximum Gasteiger partial charge on any atom is 0.236 e. The number of carbonyl (C=O) groups is 1. The smallest absolute Gasteiger partial charge is 0.236 e. The summed E-state index contributed by atoms with van der Waals surface area (Å²) in [7, 11) is 1.53. The van der Waals surface area contributed by atoms with Crippen molar-refractivity contribution in [1.29, 1.82) is 0 Å². The molecule has 0 aliphatic carbocycles. The molecule has 0 aliphatic rings. The summed E-state index contributed by atoms with van der Waals surface area (Å²) in [6.45, 7) is 0.263. The molecule has 7 nitrogen and oxygen atoms in total. The standard InChI is InChI=1S/C8H13N5O2/c1-15-4-8-12-5(9)2-7(13-8)11-3-6(10)14/h2H,3-4H2,1H3,(H2,10,14)(H3,9,11,12,13). The molecule has 5 N–H and O–H groups in total. The highest BCUT2D eigenvalue weighted by Crippen LogP contribution is 2.08. The van der Waals surface area contributed by atoms with Crippen molar-refractivity contribution in [3.63, 3.8) is 0 Å². The van der Waals surface area contributed by atoms with Crippen LogP contribution in [0.25, 0.3) is 0 Å². The van der Waals surface area contributed by atoms with Gasteiger partial charge in [-0.25, -0.2) is 9.97 Å². The van der Waals surface area contributed by atoms with Crippen molar-refractivity contribution in [3.05, 3.63) is 11.9 Å². The number of primary amides is 1. The van der Waals surface area contributed by atoms with Crippen molar-refractivity contribution in [3.8, 4) is 0 Å². The Kier molecular flexibility index (Phi) is 3.81. The molecule has 0 spiro atoms. The molecule has 1 amide bonds. The van der Waals surface area contributed by atoms with Crippen molar-refractivity contribution < 1.29 is 9.53 Å². The van der Waals surface area contributed by atoms with E-state index in [1.165, 1.54) is 13.2 Å². The first kappa shape index (κ1) is 11.2. The number of carbonyl (C=O) groups excluding carboxylic acids is 1. The first-order valence-corrected chi connectivity index (χ1v) is 4.26. The molecule has 0 bridgehead atoms. The number of aromatic nitrogens is 2. The monoisotopic (exact) mass is 211 g/mol. The van der Waals surface area contributed by atoms with Gasteiger partial charge in [-0.3, -0.25) is 4.79 Å². The van der Waals surface area contributed by atoms with E-state index < -0.39 is 5.91 Å². The Morgan fingerprint density at radius 2 is 2.33 bits per heavy atom. The quantitative estimate of drug-likeness (QED) is 0.581. The summed E-state index contributed by atoms with van der Waals surface area (Å²) in [5.41, 5.74) is 10.5. The van der Waals surface area contributed by atoms with E-state index in [1.54, 1.807) is 0 Å². The molecule has 0 saturated carbocycles.